The predicted molar refractivity (Wildman–Crippen MR) is 108 cm³/mol. The lowest BCUT2D eigenvalue weighted by atomic mass is 10.0. The smallest absolute Gasteiger partial charge is 0.273 e. The predicted octanol–water partition coefficient (Wildman–Crippen LogP) is 2.55. The zero-order valence-corrected chi connectivity index (χ0v) is 16.9. The normalized spacial score (nSPS) is 17.4. The number of nitrogens with one attached hydrogen (secondary N) is 1. The number of carbonyl (C=O) groups excluding carboxylic acids is 1. The van der Waals surface area contributed by atoms with Crippen molar-refractivity contribution in [2.45, 2.75) is 36.8 Å². The van der Waals surface area contributed by atoms with Crippen LogP contribution in [0.2, 0.25) is 0 Å². The topological polar surface area (TPSA) is 87.8 Å². The third-order valence-electron chi connectivity index (χ3n) is 4.87. The molecule has 28 heavy (non-hydrogen) atoms. The van der Waals surface area contributed by atoms with E-state index in [4.69, 9.17) is 9.26 Å². The Hall–Kier alpha value is -2.03. The molecule has 1 saturated heterocycles. The molecule has 152 valence electrons. The molecule has 1 aromatic heterocycles. The number of benzene rings is 1. The van der Waals surface area contributed by atoms with Crippen LogP contribution < -0.4 is 10.1 Å². The number of carbonyl (C=O) groups is 1. The molecule has 2 N–H and O–H groups in total. The Bertz CT molecular complexity index is 767. The van der Waals surface area contributed by atoms with Gasteiger partial charge in [0, 0.05) is 30.1 Å². The fourth-order valence-electron chi connectivity index (χ4n) is 3.34. The van der Waals surface area contributed by atoms with E-state index in [0.717, 1.165) is 43.0 Å². The zero-order valence-electron chi connectivity index (χ0n) is 16.1. The Kier molecular flexibility index (Phi) is 7.76. The molecule has 2 aromatic rings. The fourth-order valence-corrected chi connectivity index (χ4v) is 3.88. The van der Waals surface area contributed by atoms with Crippen LogP contribution >= 0.6 is 11.8 Å². The molecule has 0 radical (unpaired) electrons. The van der Waals surface area contributed by atoms with Gasteiger partial charge >= 0.3 is 0 Å². The van der Waals surface area contributed by atoms with Crippen molar-refractivity contribution >= 4 is 17.7 Å². The van der Waals surface area contributed by atoms with Crippen molar-refractivity contribution in [1.29, 1.82) is 0 Å². The average molecular weight is 406 g/mol. The minimum Gasteiger partial charge on any atom is -0.484 e. The van der Waals surface area contributed by atoms with E-state index in [1.54, 1.807) is 17.8 Å². The van der Waals surface area contributed by atoms with E-state index in [9.17, 15) is 9.90 Å². The summed E-state index contributed by atoms with van der Waals surface area (Å²) in [6.45, 7) is 2.57. The number of ether oxygens (including phenoxy) is 1. The number of para-hydroxylation sites is 1. The fraction of sp³-hybridized carbons (Fsp3) is 0.500. The Morgan fingerprint density at radius 1 is 1.43 bits per heavy atom. The Balaban J connectivity index is 1.46. The Morgan fingerprint density at radius 3 is 3.11 bits per heavy atom. The van der Waals surface area contributed by atoms with Crippen LogP contribution in [0.25, 0.3) is 0 Å². The standard InChI is InChI=1S/C20H27N3O4S/c1-28-19-8-3-2-7-18(19)26-14-16-12-17(22-27-16)20(25)21-9-11-23-10-5-4-6-15(23)13-24/h2-3,7-8,12,15,24H,4-6,9-11,13-14H2,1H3,(H,21,25). The number of piperidine rings is 1. The molecule has 1 aliphatic heterocycles. The minimum atomic E-state index is -0.267. The van der Waals surface area contributed by atoms with Gasteiger partial charge < -0.3 is 19.7 Å². The highest BCUT2D eigenvalue weighted by Gasteiger charge is 2.21. The first-order valence-electron chi connectivity index (χ1n) is 9.55. The molecule has 7 nitrogen and oxygen atoms in total. The zero-order chi connectivity index (χ0) is 19.8. The van der Waals surface area contributed by atoms with Crippen molar-refractivity contribution in [2.75, 3.05) is 32.5 Å². The molecule has 8 heteroatoms. The number of hydrogen-bond acceptors (Lipinski definition) is 7. The van der Waals surface area contributed by atoms with Crippen LogP contribution in [0.5, 0.6) is 5.75 Å². The molecular formula is C20H27N3O4S. The van der Waals surface area contributed by atoms with Crippen molar-refractivity contribution < 1.29 is 19.2 Å². The highest BCUT2D eigenvalue weighted by molar-refractivity contribution is 7.98. The van der Waals surface area contributed by atoms with Gasteiger partial charge in [-0.05, 0) is 37.8 Å². The second-order valence-corrected chi connectivity index (χ2v) is 7.59. The molecule has 1 amide bonds. The van der Waals surface area contributed by atoms with Gasteiger partial charge in [0.05, 0.1) is 6.61 Å². The number of hydrogen-bond donors (Lipinski definition) is 2. The molecule has 1 aliphatic rings. The average Bonchev–Trinajstić information content (AvgIpc) is 3.22. The maximum Gasteiger partial charge on any atom is 0.273 e. The van der Waals surface area contributed by atoms with E-state index in [1.165, 1.54) is 0 Å². The highest BCUT2D eigenvalue weighted by atomic mass is 32.2. The van der Waals surface area contributed by atoms with Crippen LogP contribution in [0.1, 0.15) is 35.5 Å². The summed E-state index contributed by atoms with van der Waals surface area (Å²) in [5, 5.41) is 16.2. The number of rotatable bonds is 9. The summed E-state index contributed by atoms with van der Waals surface area (Å²) >= 11 is 1.61. The first-order chi connectivity index (χ1) is 13.7. The van der Waals surface area contributed by atoms with Gasteiger partial charge in [0.25, 0.3) is 5.91 Å². The van der Waals surface area contributed by atoms with E-state index in [0.29, 0.717) is 12.3 Å². The molecule has 0 aliphatic carbocycles. The largest absolute Gasteiger partial charge is 0.484 e. The lowest BCUT2D eigenvalue weighted by Gasteiger charge is -2.34. The second-order valence-electron chi connectivity index (χ2n) is 6.74. The number of aliphatic hydroxyl groups is 1. The van der Waals surface area contributed by atoms with Crippen LogP contribution in [-0.2, 0) is 6.61 Å². The number of thioether (sulfide) groups is 1. The van der Waals surface area contributed by atoms with Crippen molar-refractivity contribution in [3.63, 3.8) is 0 Å². The summed E-state index contributed by atoms with van der Waals surface area (Å²) in [7, 11) is 0. The molecule has 1 aromatic carbocycles. The summed E-state index contributed by atoms with van der Waals surface area (Å²) in [4.78, 5) is 15.6. The van der Waals surface area contributed by atoms with Crippen LogP contribution in [0.4, 0.5) is 0 Å². The van der Waals surface area contributed by atoms with Crippen LogP contribution in [0.15, 0.2) is 39.8 Å². The molecule has 0 bridgehead atoms. The SMILES string of the molecule is CSc1ccccc1OCc1cc(C(=O)NCCN2CCCCC2CO)no1. The maximum absolute atomic E-state index is 12.3. The van der Waals surface area contributed by atoms with Gasteiger partial charge in [0.1, 0.15) is 12.4 Å². The third-order valence-corrected chi connectivity index (χ3v) is 5.65. The lowest BCUT2D eigenvalue weighted by Crippen LogP contribution is -2.45. The summed E-state index contributed by atoms with van der Waals surface area (Å²) in [6.07, 6.45) is 5.29. The van der Waals surface area contributed by atoms with Gasteiger partial charge in [-0.3, -0.25) is 9.69 Å². The molecule has 0 spiro atoms. The van der Waals surface area contributed by atoms with Crippen LogP contribution in [0, 0.1) is 0 Å². The molecule has 0 saturated carbocycles. The highest BCUT2D eigenvalue weighted by Crippen LogP contribution is 2.27. The Morgan fingerprint density at radius 2 is 2.29 bits per heavy atom. The van der Waals surface area contributed by atoms with Crippen molar-refractivity contribution in [1.82, 2.24) is 15.4 Å². The number of aromatic nitrogens is 1. The van der Waals surface area contributed by atoms with E-state index < -0.39 is 0 Å². The quantitative estimate of drug-likeness (QED) is 0.620. The molecule has 1 unspecified atom stereocenters. The number of amides is 1. The van der Waals surface area contributed by atoms with Gasteiger partial charge in [-0.2, -0.15) is 0 Å². The van der Waals surface area contributed by atoms with Gasteiger partial charge in [-0.25, -0.2) is 0 Å². The molecule has 1 atom stereocenters. The lowest BCUT2D eigenvalue weighted by molar-refractivity contribution is 0.0845. The second kappa shape index (κ2) is 10.5. The molecular weight excluding hydrogens is 378 g/mol. The van der Waals surface area contributed by atoms with Crippen LogP contribution in [0.3, 0.4) is 0 Å². The summed E-state index contributed by atoms with van der Waals surface area (Å²) in [5.41, 5.74) is 0.245. The minimum absolute atomic E-state index is 0.167. The number of nitrogens with zero attached hydrogens (tertiary/aromatic N) is 2. The van der Waals surface area contributed by atoms with E-state index >= 15 is 0 Å². The van der Waals surface area contributed by atoms with E-state index in [1.807, 2.05) is 30.5 Å². The van der Waals surface area contributed by atoms with Crippen molar-refractivity contribution in [2.24, 2.45) is 0 Å². The number of aliphatic hydroxyl groups excluding tert-OH is 1. The monoisotopic (exact) mass is 405 g/mol. The Labute approximate surface area is 169 Å². The van der Waals surface area contributed by atoms with E-state index in [2.05, 4.69) is 15.4 Å². The van der Waals surface area contributed by atoms with Gasteiger partial charge in [0.2, 0.25) is 0 Å². The van der Waals surface area contributed by atoms with Crippen molar-refractivity contribution in [3.05, 3.63) is 41.8 Å². The summed E-state index contributed by atoms with van der Waals surface area (Å²) in [6, 6.07) is 9.57. The van der Waals surface area contributed by atoms with Gasteiger partial charge in [0.15, 0.2) is 11.5 Å². The van der Waals surface area contributed by atoms with Crippen LogP contribution in [-0.4, -0.2) is 59.6 Å². The first-order valence-corrected chi connectivity index (χ1v) is 10.8. The van der Waals surface area contributed by atoms with Gasteiger partial charge in [-0.15, -0.1) is 11.8 Å². The maximum atomic E-state index is 12.3. The molecule has 1 fully saturated rings. The van der Waals surface area contributed by atoms with Gasteiger partial charge in [-0.1, -0.05) is 23.7 Å². The first kappa shape index (κ1) is 20.7. The summed E-state index contributed by atoms with van der Waals surface area (Å²) < 4.78 is 11.0. The van der Waals surface area contributed by atoms with Crippen molar-refractivity contribution in [3.8, 4) is 5.75 Å². The molecule has 2 heterocycles. The number of likely N-dealkylation sites (tertiary alicyclic amines) is 1. The molecule has 3 rings (SSSR count). The third kappa shape index (κ3) is 5.50. The van der Waals surface area contributed by atoms with E-state index in [-0.39, 0.29) is 30.9 Å². The summed E-state index contributed by atoms with van der Waals surface area (Å²) in [5.74, 6) is 1.01.